The summed E-state index contributed by atoms with van der Waals surface area (Å²) in [6.45, 7) is 25.7. The van der Waals surface area contributed by atoms with Crippen LogP contribution < -0.4 is 0 Å². The summed E-state index contributed by atoms with van der Waals surface area (Å²) in [6, 6.07) is 32.9. The highest BCUT2D eigenvalue weighted by atomic mass is 15.2. The quantitative estimate of drug-likeness (QED) is 0.0776. The van der Waals surface area contributed by atoms with Crippen molar-refractivity contribution in [3.8, 4) is 45.7 Å². The van der Waals surface area contributed by atoms with Crippen LogP contribution in [-0.2, 0) is 17.3 Å². The fraction of sp³-hybridized carbons (Fsp3) is 0.422. The van der Waals surface area contributed by atoms with Crippen molar-refractivity contribution in [2.45, 2.75) is 177 Å². The maximum absolute atomic E-state index is 4.18. The summed E-state index contributed by atoms with van der Waals surface area (Å²) in [5.74, 6) is 16.3. The van der Waals surface area contributed by atoms with Gasteiger partial charge in [-0.1, -0.05) is 154 Å². The Hall–Kier alpha value is -5.51. The number of hydrogen-bond acceptors (Lipinski definition) is 0. The van der Waals surface area contributed by atoms with Crippen molar-refractivity contribution in [2.75, 3.05) is 0 Å². The Bertz CT molecular complexity index is 2850. The summed E-state index contributed by atoms with van der Waals surface area (Å²) < 4.78 is 5.24. The van der Waals surface area contributed by atoms with Crippen LogP contribution in [0.5, 0.6) is 0 Å². The predicted molar refractivity (Wildman–Crippen MR) is 288 cm³/mol. The molecule has 0 spiro atoms. The highest BCUT2D eigenvalue weighted by molar-refractivity contribution is 6.87. The number of allylic oxidation sites excluding steroid dienone is 3. The van der Waals surface area contributed by atoms with Crippen molar-refractivity contribution < 1.29 is 4.49 Å². The Morgan fingerprint density at radius 3 is 1.40 bits per heavy atom. The molecule has 2 aliphatic carbocycles. The zero-order chi connectivity index (χ0) is 47.3. The molecule has 344 valence electrons. The molecule has 67 heavy (non-hydrogen) atoms. The van der Waals surface area contributed by atoms with Gasteiger partial charge >= 0.3 is 6.42 Å². The van der Waals surface area contributed by atoms with Crippen molar-refractivity contribution in [2.24, 2.45) is 0 Å². The maximum Gasteiger partial charge on any atom is 0.520 e. The van der Waals surface area contributed by atoms with E-state index in [9.17, 15) is 0 Å². The van der Waals surface area contributed by atoms with Gasteiger partial charge in [-0.15, -0.1) is 11.8 Å². The minimum absolute atomic E-state index is 0.000536. The third-order valence-electron chi connectivity index (χ3n) is 17.1. The van der Waals surface area contributed by atoms with Gasteiger partial charge in [-0.3, -0.25) is 0 Å². The normalized spacial score (nSPS) is 16.5. The molecular weight excluding hydrogens is 808 g/mol. The van der Waals surface area contributed by atoms with Crippen LogP contribution in [0.1, 0.15) is 202 Å². The molecule has 4 aliphatic rings. The number of aromatic nitrogens is 1. The van der Waals surface area contributed by atoms with Crippen LogP contribution >= 0.6 is 0 Å². The van der Waals surface area contributed by atoms with Crippen LogP contribution in [0.15, 0.2) is 102 Å². The van der Waals surface area contributed by atoms with E-state index in [1.54, 1.807) is 0 Å². The van der Waals surface area contributed by atoms with Crippen molar-refractivity contribution in [3.05, 3.63) is 158 Å². The Labute approximate surface area is 405 Å². The molecule has 1 aromatic heterocycles. The lowest BCUT2D eigenvalue weighted by Crippen LogP contribution is -2.57. The molecule has 0 radical (unpaired) electrons. The molecule has 0 unspecified atom stereocenters. The molecule has 0 saturated heterocycles. The number of rotatable bonds is 14. The number of unbranched alkanes of at least 4 members (excludes halogenated alkanes) is 4. The molecule has 5 aromatic rings. The van der Waals surface area contributed by atoms with E-state index >= 15 is 0 Å². The van der Waals surface area contributed by atoms with Gasteiger partial charge in [0.1, 0.15) is 5.71 Å². The van der Waals surface area contributed by atoms with E-state index in [4.69, 9.17) is 0 Å². The largest absolute Gasteiger partial charge is 0.520 e. The van der Waals surface area contributed by atoms with Gasteiger partial charge in [0, 0.05) is 51.3 Å². The minimum atomic E-state index is -2.04. The van der Waals surface area contributed by atoms with Gasteiger partial charge in [-0.05, 0) is 152 Å². The highest BCUT2D eigenvalue weighted by Crippen LogP contribution is 2.56. The molecule has 0 saturated carbocycles. The molecule has 3 heteroatoms. The Balaban J connectivity index is 1.31. The molecule has 0 N–H and O–H groups in total. The van der Waals surface area contributed by atoms with E-state index in [1.165, 1.54) is 172 Å². The Morgan fingerprint density at radius 2 is 0.970 bits per heavy atom. The van der Waals surface area contributed by atoms with Crippen molar-refractivity contribution in [1.29, 1.82) is 0 Å². The second kappa shape index (κ2) is 18.5. The summed E-state index contributed by atoms with van der Waals surface area (Å²) in [6.07, 6.45) is 14.2. The first kappa shape index (κ1) is 46.6. The fourth-order valence-corrected chi connectivity index (χ4v) is 13.9. The molecule has 0 amide bonds. The monoisotopic (exact) mass is 883 g/mol. The second-order valence-electron chi connectivity index (χ2n) is 20.7. The van der Waals surface area contributed by atoms with Crippen molar-refractivity contribution in [3.63, 3.8) is 0 Å². The summed E-state index contributed by atoms with van der Waals surface area (Å²) in [5, 5.41) is 0. The van der Waals surface area contributed by atoms with Gasteiger partial charge in [0.05, 0.1) is 0 Å². The van der Waals surface area contributed by atoms with E-state index in [-0.39, 0.29) is 10.8 Å². The van der Waals surface area contributed by atoms with Crippen molar-refractivity contribution >= 4 is 17.7 Å². The second-order valence-corrected chi connectivity index (χ2v) is 20.7. The number of hydrogen-bond donors (Lipinski definition) is 0. The first-order chi connectivity index (χ1) is 32.5. The molecule has 0 atom stereocenters. The SMILES string of the molecule is CCCCC1(CCCC)c2ccccc2-c2ccc(C#C[B-]3(C#Cc4ccc5c(c4)C(CCCC)(CCCC)c4ccccc4-5)n4c(C)c(CC)c(C)c4C(C)=C4C(C)=C(CC)C(C)=[N+]43)cc21. The first-order valence-corrected chi connectivity index (χ1v) is 26.5. The summed E-state index contributed by atoms with van der Waals surface area (Å²) in [4.78, 5) is 0. The van der Waals surface area contributed by atoms with Crippen LogP contribution in [0.3, 0.4) is 0 Å². The number of fused-ring (bicyclic) bond motifs is 8. The number of nitrogens with zero attached hydrogens (tertiary/aromatic N) is 2. The zero-order valence-electron chi connectivity index (χ0n) is 43.0. The first-order valence-electron chi connectivity index (χ1n) is 26.5. The third kappa shape index (κ3) is 7.12. The van der Waals surface area contributed by atoms with E-state index in [0.29, 0.717) is 0 Å². The van der Waals surface area contributed by atoms with Crippen molar-refractivity contribution in [1.82, 2.24) is 4.48 Å². The highest BCUT2D eigenvalue weighted by Gasteiger charge is 2.52. The van der Waals surface area contributed by atoms with Crippen LogP contribution in [0.4, 0.5) is 0 Å². The van der Waals surface area contributed by atoms with E-state index in [2.05, 4.69) is 194 Å². The van der Waals surface area contributed by atoms with E-state index < -0.39 is 6.42 Å². The molecular formula is C64H75BN2. The lowest BCUT2D eigenvalue weighted by Gasteiger charge is -2.38. The molecule has 3 heterocycles. The minimum Gasteiger partial charge on any atom is -0.435 e. The molecule has 4 aromatic carbocycles. The maximum atomic E-state index is 4.18. The predicted octanol–water partition coefficient (Wildman–Crippen LogP) is 16.4. The molecule has 0 fully saturated rings. The fourth-order valence-electron chi connectivity index (χ4n) is 13.9. The van der Waals surface area contributed by atoms with Gasteiger partial charge < -0.3 is 8.96 Å². The van der Waals surface area contributed by atoms with Crippen LogP contribution in [0.2, 0.25) is 0 Å². The van der Waals surface area contributed by atoms with E-state index in [0.717, 1.165) is 24.0 Å². The summed E-state index contributed by atoms with van der Waals surface area (Å²) in [5.41, 5.74) is 25.8. The smallest absolute Gasteiger partial charge is 0.435 e. The zero-order valence-corrected chi connectivity index (χ0v) is 43.0. The molecule has 0 bridgehead atoms. The Kier molecular flexibility index (Phi) is 12.9. The average Bonchev–Trinajstić information content (AvgIpc) is 3.98. The van der Waals surface area contributed by atoms with Gasteiger partial charge in [-0.2, -0.15) is 11.6 Å². The lowest BCUT2D eigenvalue weighted by molar-refractivity contribution is -0.330. The number of benzene rings is 4. The van der Waals surface area contributed by atoms with Gasteiger partial charge in [-0.25, -0.2) is 0 Å². The van der Waals surface area contributed by atoms with E-state index in [1.807, 2.05) is 0 Å². The average molecular weight is 883 g/mol. The van der Waals surface area contributed by atoms with Gasteiger partial charge in [0.2, 0.25) is 0 Å². The molecule has 9 rings (SSSR count). The summed E-state index contributed by atoms with van der Waals surface area (Å²) >= 11 is 0. The topological polar surface area (TPSA) is 7.94 Å². The summed E-state index contributed by atoms with van der Waals surface area (Å²) in [7, 11) is 0. The standard InChI is InChI=1S/C64H75BN2/c1-12-18-36-63(37-19-13-2)57-28-24-22-26-53(57)55-32-30-49(42-59(55)63)34-40-65(66-47(10)51(16-5)44(7)61(66)46(9)62-45(8)52(17-6)48(11)67(62)65)41-35-50-31-33-56-54-27-23-25-29-58(54)64(38-20-14-3,39-21-15-4)60(56)43-50/h22-33,42-43H,12-21,36-39H2,1-11H3. The van der Waals surface area contributed by atoms with Gasteiger partial charge in [0.15, 0.2) is 5.70 Å². The van der Waals surface area contributed by atoms with Crippen LogP contribution in [0, 0.1) is 37.3 Å². The third-order valence-corrected chi connectivity index (χ3v) is 17.1. The molecule has 2 aliphatic heterocycles. The van der Waals surface area contributed by atoms with Crippen LogP contribution in [-0.4, -0.2) is 21.1 Å². The van der Waals surface area contributed by atoms with Crippen LogP contribution in [0.25, 0.3) is 27.8 Å². The molecule has 2 nitrogen and oxygen atoms in total. The Morgan fingerprint density at radius 1 is 0.522 bits per heavy atom. The van der Waals surface area contributed by atoms with Gasteiger partial charge in [0.25, 0.3) is 0 Å². The lowest BCUT2D eigenvalue weighted by atomic mass is 9.45.